The van der Waals surface area contributed by atoms with Crippen molar-refractivity contribution in [2.45, 2.75) is 16.9 Å². The third-order valence-electron chi connectivity index (χ3n) is 2.57. The monoisotopic (exact) mass is 335 g/mol. The van der Waals surface area contributed by atoms with E-state index in [1.54, 1.807) is 10.8 Å². The van der Waals surface area contributed by atoms with Crippen molar-refractivity contribution in [1.29, 1.82) is 5.26 Å². The standard InChI is InChI=1S/C9H10BrN3O2S2/c10-7-3-16-4-8(7)17(14,15)13-9(5-11)1-2-12-6-9/h3-4,12-13H,1-2,6H2/t9-/m0/s1. The second kappa shape index (κ2) is 4.66. The van der Waals surface area contributed by atoms with Crippen LogP contribution in [0.5, 0.6) is 0 Å². The molecule has 1 aromatic rings. The molecule has 0 aliphatic carbocycles. The second-order valence-electron chi connectivity index (χ2n) is 3.81. The molecule has 2 rings (SSSR count). The summed E-state index contributed by atoms with van der Waals surface area (Å²) in [7, 11) is -3.65. The van der Waals surface area contributed by atoms with Crippen molar-refractivity contribution in [3.63, 3.8) is 0 Å². The van der Waals surface area contributed by atoms with Crippen LogP contribution in [0.3, 0.4) is 0 Å². The van der Waals surface area contributed by atoms with Crippen molar-refractivity contribution < 1.29 is 8.42 Å². The van der Waals surface area contributed by atoms with Gasteiger partial charge in [-0.2, -0.15) is 9.98 Å². The molecule has 1 saturated heterocycles. The van der Waals surface area contributed by atoms with Gasteiger partial charge >= 0.3 is 0 Å². The fourth-order valence-corrected chi connectivity index (χ4v) is 5.37. The molecule has 1 aliphatic heterocycles. The Morgan fingerprint density at radius 1 is 1.59 bits per heavy atom. The topological polar surface area (TPSA) is 82.0 Å². The third kappa shape index (κ3) is 2.53. The fourth-order valence-electron chi connectivity index (χ4n) is 1.67. The molecule has 92 valence electrons. The molecular formula is C9H10BrN3O2S2. The summed E-state index contributed by atoms with van der Waals surface area (Å²) in [6.07, 6.45) is 0.477. The Bertz CT molecular complexity index is 555. The van der Waals surface area contributed by atoms with Crippen LogP contribution in [0, 0.1) is 11.3 Å². The molecule has 2 heterocycles. The third-order valence-corrected chi connectivity index (χ3v) is 6.26. The van der Waals surface area contributed by atoms with Gasteiger partial charge in [0.1, 0.15) is 10.4 Å². The fraction of sp³-hybridized carbons (Fsp3) is 0.444. The molecule has 17 heavy (non-hydrogen) atoms. The molecule has 1 atom stereocenters. The van der Waals surface area contributed by atoms with Crippen molar-refractivity contribution in [1.82, 2.24) is 10.0 Å². The Morgan fingerprint density at radius 2 is 2.35 bits per heavy atom. The van der Waals surface area contributed by atoms with E-state index in [-0.39, 0.29) is 4.90 Å². The molecule has 5 nitrogen and oxygen atoms in total. The van der Waals surface area contributed by atoms with Gasteiger partial charge < -0.3 is 5.32 Å². The number of nitrogens with one attached hydrogen (secondary N) is 2. The Balaban J connectivity index is 2.30. The van der Waals surface area contributed by atoms with Gasteiger partial charge in [-0.1, -0.05) is 0 Å². The van der Waals surface area contributed by atoms with Crippen molar-refractivity contribution in [2.75, 3.05) is 13.1 Å². The summed E-state index contributed by atoms with van der Waals surface area (Å²) < 4.78 is 27.3. The highest BCUT2D eigenvalue weighted by Crippen LogP contribution is 2.27. The highest BCUT2D eigenvalue weighted by molar-refractivity contribution is 9.10. The Kier molecular flexibility index (Phi) is 3.56. The summed E-state index contributed by atoms with van der Waals surface area (Å²) in [6, 6.07) is 2.05. The molecule has 0 unspecified atom stereocenters. The predicted octanol–water partition coefficient (Wildman–Crippen LogP) is 1.04. The molecule has 1 fully saturated rings. The maximum absolute atomic E-state index is 12.1. The quantitative estimate of drug-likeness (QED) is 0.864. The van der Waals surface area contributed by atoms with Gasteiger partial charge in [0.2, 0.25) is 10.0 Å². The van der Waals surface area contributed by atoms with E-state index in [9.17, 15) is 8.42 Å². The lowest BCUT2D eigenvalue weighted by atomic mass is 10.0. The van der Waals surface area contributed by atoms with Crippen LogP contribution < -0.4 is 10.0 Å². The summed E-state index contributed by atoms with van der Waals surface area (Å²) in [5.41, 5.74) is -1.03. The zero-order valence-electron chi connectivity index (χ0n) is 8.73. The molecule has 0 saturated carbocycles. The molecule has 0 bridgehead atoms. The number of thiophene rings is 1. The lowest BCUT2D eigenvalue weighted by molar-refractivity contribution is 0.506. The second-order valence-corrected chi connectivity index (χ2v) is 7.06. The van der Waals surface area contributed by atoms with Crippen LogP contribution in [-0.4, -0.2) is 27.0 Å². The molecular weight excluding hydrogens is 326 g/mol. The number of nitrogens with zero attached hydrogens (tertiary/aromatic N) is 1. The lowest BCUT2D eigenvalue weighted by Crippen LogP contribution is -2.48. The first-order chi connectivity index (χ1) is 7.99. The van der Waals surface area contributed by atoms with Gasteiger partial charge in [0, 0.05) is 21.8 Å². The van der Waals surface area contributed by atoms with E-state index in [1.807, 2.05) is 0 Å². The first-order valence-electron chi connectivity index (χ1n) is 4.87. The van der Waals surface area contributed by atoms with E-state index in [0.29, 0.717) is 24.0 Å². The molecule has 2 N–H and O–H groups in total. The minimum atomic E-state index is -3.65. The number of hydrogen-bond acceptors (Lipinski definition) is 5. The SMILES string of the molecule is N#C[C@@]1(NS(=O)(=O)c2cscc2Br)CCNC1. The average molecular weight is 336 g/mol. The maximum atomic E-state index is 12.1. The predicted molar refractivity (Wildman–Crippen MR) is 68.2 cm³/mol. The number of hydrogen-bond donors (Lipinski definition) is 2. The van der Waals surface area contributed by atoms with Crippen LogP contribution in [0.25, 0.3) is 0 Å². The molecule has 0 aromatic carbocycles. The van der Waals surface area contributed by atoms with E-state index >= 15 is 0 Å². The number of nitriles is 1. The van der Waals surface area contributed by atoms with Gasteiger partial charge in [-0.25, -0.2) is 8.42 Å². The number of sulfonamides is 1. The average Bonchev–Trinajstić information content (AvgIpc) is 2.87. The number of halogens is 1. The van der Waals surface area contributed by atoms with Crippen molar-refractivity contribution in [2.24, 2.45) is 0 Å². The zero-order chi connectivity index (χ0) is 12.5. The first kappa shape index (κ1) is 13.0. The van der Waals surface area contributed by atoms with Crippen LogP contribution in [0.4, 0.5) is 0 Å². The Morgan fingerprint density at radius 3 is 2.82 bits per heavy atom. The maximum Gasteiger partial charge on any atom is 0.243 e. The lowest BCUT2D eigenvalue weighted by Gasteiger charge is -2.20. The Hall–Kier alpha value is -0.460. The van der Waals surface area contributed by atoms with Crippen molar-refractivity contribution >= 4 is 37.3 Å². The molecule has 0 radical (unpaired) electrons. The van der Waals surface area contributed by atoms with E-state index in [4.69, 9.17) is 5.26 Å². The molecule has 0 spiro atoms. The van der Waals surface area contributed by atoms with Gasteiger partial charge in [0.25, 0.3) is 0 Å². The molecule has 1 aromatic heterocycles. The van der Waals surface area contributed by atoms with Crippen LogP contribution in [-0.2, 0) is 10.0 Å². The van der Waals surface area contributed by atoms with Crippen LogP contribution >= 0.6 is 27.3 Å². The highest BCUT2D eigenvalue weighted by atomic mass is 79.9. The summed E-state index contributed by atoms with van der Waals surface area (Å²) in [5, 5.41) is 15.3. The molecule has 1 aliphatic rings. The van der Waals surface area contributed by atoms with Gasteiger partial charge in [0.05, 0.1) is 6.07 Å². The van der Waals surface area contributed by atoms with Crippen molar-refractivity contribution in [3.05, 3.63) is 15.2 Å². The summed E-state index contributed by atoms with van der Waals surface area (Å²) in [6.45, 7) is 0.978. The molecule has 8 heteroatoms. The number of rotatable bonds is 3. The minimum Gasteiger partial charge on any atom is -0.314 e. The van der Waals surface area contributed by atoms with E-state index in [2.05, 4.69) is 32.0 Å². The van der Waals surface area contributed by atoms with Crippen LogP contribution in [0.2, 0.25) is 0 Å². The summed E-state index contributed by atoms with van der Waals surface area (Å²) in [4.78, 5) is 0.184. The van der Waals surface area contributed by atoms with Gasteiger partial charge in [-0.3, -0.25) is 0 Å². The van der Waals surface area contributed by atoms with Crippen LogP contribution in [0.1, 0.15) is 6.42 Å². The van der Waals surface area contributed by atoms with E-state index in [0.717, 1.165) is 0 Å². The van der Waals surface area contributed by atoms with Gasteiger partial charge in [-0.05, 0) is 28.9 Å². The van der Waals surface area contributed by atoms with E-state index in [1.165, 1.54) is 11.3 Å². The zero-order valence-corrected chi connectivity index (χ0v) is 12.0. The largest absolute Gasteiger partial charge is 0.314 e. The first-order valence-corrected chi connectivity index (χ1v) is 8.09. The van der Waals surface area contributed by atoms with E-state index < -0.39 is 15.6 Å². The summed E-state index contributed by atoms with van der Waals surface area (Å²) in [5.74, 6) is 0. The molecule has 0 amide bonds. The minimum absolute atomic E-state index is 0.184. The Labute approximate surface area is 112 Å². The van der Waals surface area contributed by atoms with Crippen molar-refractivity contribution in [3.8, 4) is 6.07 Å². The smallest absolute Gasteiger partial charge is 0.243 e. The summed E-state index contributed by atoms with van der Waals surface area (Å²) >= 11 is 4.48. The van der Waals surface area contributed by atoms with Gasteiger partial charge in [-0.15, -0.1) is 11.3 Å². The highest BCUT2D eigenvalue weighted by Gasteiger charge is 2.38. The van der Waals surface area contributed by atoms with Crippen LogP contribution in [0.15, 0.2) is 20.1 Å². The van der Waals surface area contributed by atoms with Gasteiger partial charge in [0.15, 0.2) is 0 Å². The normalized spacial score (nSPS) is 24.7.